The summed E-state index contributed by atoms with van der Waals surface area (Å²) in [4.78, 5) is 12.2. The molecule has 3 aliphatic rings. The van der Waals surface area contributed by atoms with Crippen LogP contribution in [-0.4, -0.2) is 5.78 Å². The summed E-state index contributed by atoms with van der Waals surface area (Å²) in [5.41, 5.74) is 1.75. The van der Waals surface area contributed by atoms with Gasteiger partial charge in [-0.2, -0.15) is 0 Å². The molecule has 0 aromatic carbocycles. The first kappa shape index (κ1) is 26.5. The molecule has 10 radical (unpaired) electrons. The predicted molar refractivity (Wildman–Crippen MR) is 90.6 cm³/mol. The van der Waals surface area contributed by atoms with E-state index in [-0.39, 0.29) is 28.3 Å². The smallest absolute Gasteiger partial charge is 0.294 e. The van der Waals surface area contributed by atoms with Gasteiger partial charge in [0.1, 0.15) is 5.56 Å². The Bertz CT molecular complexity index is 635. The van der Waals surface area contributed by atoms with Gasteiger partial charge in [-0.15, -0.1) is 10.2 Å². The average Bonchev–Trinajstić information content (AvgIpc) is 3.28. The Labute approximate surface area is 185 Å². The van der Waals surface area contributed by atoms with Gasteiger partial charge in [0.25, 0.3) is 0 Å². The maximum atomic E-state index is 12.2. The van der Waals surface area contributed by atoms with Crippen molar-refractivity contribution in [2.45, 2.75) is 26.7 Å². The topological polar surface area (TPSA) is 121 Å². The van der Waals surface area contributed by atoms with Crippen molar-refractivity contribution >= 4 is 5.78 Å². The zero-order valence-corrected chi connectivity index (χ0v) is 17.8. The maximum Gasteiger partial charge on any atom is 0.340 e. The monoisotopic (exact) mass is 460 g/mol. The van der Waals surface area contributed by atoms with E-state index in [9.17, 15) is 4.79 Å². The zero-order chi connectivity index (χ0) is 20.8. The Morgan fingerprint density at radius 2 is 1.38 bits per heavy atom. The van der Waals surface area contributed by atoms with Crippen molar-refractivity contribution in [1.82, 2.24) is 0 Å². The molecule has 4 rings (SSSR count). The van der Waals surface area contributed by atoms with Gasteiger partial charge in [-0.3, -0.25) is 4.79 Å². The van der Waals surface area contributed by atoms with Gasteiger partial charge in [-0.25, -0.2) is 23.1 Å². The number of hydrogen-bond acceptors (Lipinski definition) is 5. The van der Waals surface area contributed by atoms with Gasteiger partial charge in [0, 0.05) is 29.4 Å². The van der Waals surface area contributed by atoms with Crippen LogP contribution in [0.25, 0.3) is 0 Å². The van der Waals surface area contributed by atoms with Gasteiger partial charge < -0.3 is 0 Å². The summed E-state index contributed by atoms with van der Waals surface area (Å²) >= 11 is 0. The normalized spacial score (nSPS) is 20.6. The minimum Gasteiger partial charge on any atom is -0.294 e. The van der Waals surface area contributed by atoms with E-state index in [1.165, 1.54) is 0 Å². The molecule has 0 saturated heterocycles. The van der Waals surface area contributed by atoms with E-state index in [2.05, 4.69) is 13.8 Å². The third-order valence-electron chi connectivity index (χ3n) is 4.06. The van der Waals surface area contributed by atoms with Crippen LogP contribution < -0.4 is 18.6 Å². The molecule has 29 heavy (non-hydrogen) atoms. The standard InChI is InChI=1S/C16H16O2.C5H5.ClHO4.Fe/c1-16(2)8-14(17)13-7-12(10-18-15(13)9-16)11-5-3-4-6-11;1-2-4-5-3-1;2-1(3,4)5;/h3-7,10H,8-9H2,1-2H3;1-5H;(H,2,3,4,5);/q+1;;;/p-1. The van der Waals surface area contributed by atoms with Crippen molar-refractivity contribution in [3.05, 3.63) is 92.9 Å². The number of carbonyl (C=O) groups excluding carboxylic acids is 1. The molecule has 6 nitrogen and oxygen atoms in total. The van der Waals surface area contributed by atoms with E-state index in [0.29, 0.717) is 6.42 Å². The van der Waals surface area contributed by atoms with Gasteiger partial charge in [0.15, 0.2) is 5.78 Å². The summed E-state index contributed by atoms with van der Waals surface area (Å²) in [6.45, 7) is 4.21. The third-order valence-corrected chi connectivity index (χ3v) is 4.06. The van der Waals surface area contributed by atoms with Crippen molar-refractivity contribution < 1.29 is 55.2 Å². The molecule has 0 atom stereocenters. The molecule has 8 heteroatoms. The Balaban J connectivity index is 0.000000318. The minimum atomic E-state index is -4.94. The Hall–Kier alpha value is -0.531. The van der Waals surface area contributed by atoms with Crippen LogP contribution >= 0.6 is 0 Å². The van der Waals surface area contributed by atoms with E-state index in [1.807, 2.05) is 63.9 Å². The van der Waals surface area contributed by atoms with Gasteiger partial charge >= 0.3 is 12.0 Å². The van der Waals surface area contributed by atoms with Crippen LogP contribution in [0.15, 0.2) is 16.7 Å². The first-order valence-corrected chi connectivity index (χ1v) is 9.77. The molecule has 0 aliphatic heterocycles. The molecule has 1 aromatic rings. The second-order valence-corrected chi connectivity index (χ2v) is 7.88. The number of carbonyl (C=O) groups is 1. The van der Waals surface area contributed by atoms with Crippen LogP contribution in [0.1, 0.15) is 41.9 Å². The molecule has 156 valence electrons. The third kappa shape index (κ3) is 9.88. The number of ketones is 1. The number of halogens is 1. The summed E-state index contributed by atoms with van der Waals surface area (Å²) in [7, 11) is -4.94. The van der Waals surface area contributed by atoms with Crippen LogP contribution in [-0.2, 0) is 23.5 Å². The second-order valence-electron chi connectivity index (χ2n) is 7.13. The molecule has 0 unspecified atom stereocenters. The quantitative estimate of drug-likeness (QED) is 0.420. The van der Waals surface area contributed by atoms with Gasteiger partial charge in [-0.1, -0.05) is 13.8 Å². The molecule has 2 fully saturated rings. The fourth-order valence-corrected chi connectivity index (χ4v) is 2.91. The van der Waals surface area contributed by atoms with E-state index >= 15 is 0 Å². The maximum absolute atomic E-state index is 12.2. The molecule has 0 bridgehead atoms. The van der Waals surface area contributed by atoms with Crippen LogP contribution in [0.3, 0.4) is 0 Å². The SMILES string of the molecule is CC1(C)CC(=O)c2cc([C]3[CH][CH][CH][CH]3)c[o+]c2C1.[CH]1[CH][CH][CH][CH]1.[Fe].[O-][Cl+3]([O-])([O-])[O-]. The number of rotatable bonds is 1. The molecule has 0 amide bonds. The molecule has 3 aliphatic carbocycles. The molecule has 0 N–H and O–H groups in total. The van der Waals surface area contributed by atoms with Crippen LogP contribution in [0.5, 0.6) is 0 Å². The molecule has 1 aromatic heterocycles. The molecule has 1 heterocycles. The van der Waals surface area contributed by atoms with Crippen molar-refractivity contribution in [3.63, 3.8) is 0 Å². The second kappa shape index (κ2) is 11.8. The molecule has 2 saturated carbocycles. The zero-order valence-electron chi connectivity index (χ0n) is 15.9. The van der Waals surface area contributed by atoms with Crippen molar-refractivity contribution in [2.24, 2.45) is 5.41 Å². The number of Topliss-reactive ketones (excluding diaryl/α,β-unsaturated/α-hetero) is 1. The Morgan fingerprint density at radius 3 is 1.86 bits per heavy atom. The van der Waals surface area contributed by atoms with E-state index in [4.69, 9.17) is 23.1 Å². The van der Waals surface area contributed by atoms with Gasteiger partial charge in [-0.05, 0) is 69.3 Å². The summed E-state index contributed by atoms with van der Waals surface area (Å²) in [6.07, 6.45) is 21.2. The Kier molecular flexibility index (Phi) is 10.7. The largest absolute Gasteiger partial charge is 0.340 e. The summed E-state index contributed by atoms with van der Waals surface area (Å²) in [5.74, 6) is 2.11. The van der Waals surface area contributed by atoms with Crippen LogP contribution in [0.2, 0.25) is 0 Å². The van der Waals surface area contributed by atoms with Crippen LogP contribution in [0, 0.1) is 79.4 Å². The molecular weight excluding hydrogens is 440 g/mol. The molecular formula is C21H21ClFeO6. The van der Waals surface area contributed by atoms with E-state index in [1.54, 1.807) is 6.26 Å². The number of fused-ring (bicyclic) bond motifs is 1. The summed E-state index contributed by atoms with van der Waals surface area (Å²) < 4.78 is 39.7. The minimum absolute atomic E-state index is 0. The van der Waals surface area contributed by atoms with E-state index < -0.39 is 10.2 Å². The number of hydrogen-bond donors (Lipinski definition) is 0. The van der Waals surface area contributed by atoms with Gasteiger partial charge in [0.2, 0.25) is 0 Å². The van der Waals surface area contributed by atoms with Crippen molar-refractivity contribution in [1.29, 1.82) is 0 Å². The fourth-order valence-electron chi connectivity index (χ4n) is 2.91. The van der Waals surface area contributed by atoms with Crippen LogP contribution in [0.4, 0.5) is 0 Å². The predicted octanol–water partition coefficient (Wildman–Crippen LogP) is -0.268. The molecule has 0 spiro atoms. The first-order chi connectivity index (χ1) is 13.1. The van der Waals surface area contributed by atoms with Gasteiger partial charge in [0.05, 0.1) is 12.0 Å². The van der Waals surface area contributed by atoms with Crippen molar-refractivity contribution in [2.75, 3.05) is 0 Å². The van der Waals surface area contributed by atoms with Crippen molar-refractivity contribution in [3.8, 4) is 0 Å². The summed E-state index contributed by atoms with van der Waals surface area (Å²) in [6, 6.07) is 1.96. The summed E-state index contributed by atoms with van der Waals surface area (Å²) in [5, 5.41) is 0. The fraction of sp³-hybridized carbons (Fsp3) is 0.238. The Morgan fingerprint density at radius 1 is 0.897 bits per heavy atom. The first-order valence-electron chi connectivity index (χ1n) is 8.54. The van der Waals surface area contributed by atoms with E-state index in [0.717, 1.165) is 29.2 Å². The average molecular weight is 461 g/mol.